The minimum Gasteiger partial charge on any atom is -0.341 e. The zero-order valence-electron chi connectivity index (χ0n) is 14.2. The maximum atomic E-state index is 12.1. The van der Waals surface area contributed by atoms with Gasteiger partial charge in [0, 0.05) is 36.9 Å². The maximum Gasteiger partial charge on any atom is 0.321 e. The van der Waals surface area contributed by atoms with Gasteiger partial charge in [-0.3, -0.25) is 19.5 Å². The number of nitrogens with one attached hydrogen (secondary N) is 3. The highest BCUT2D eigenvalue weighted by Crippen LogP contribution is 2.21. The Morgan fingerprint density at radius 3 is 2.77 bits per heavy atom. The third-order valence-corrected chi connectivity index (χ3v) is 4.01. The monoisotopic (exact) mass is 353 g/mol. The third-order valence-electron chi connectivity index (χ3n) is 4.01. The van der Waals surface area contributed by atoms with Crippen molar-refractivity contribution in [1.82, 2.24) is 15.6 Å². The van der Waals surface area contributed by atoms with E-state index in [0.717, 1.165) is 5.56 Å². The van der Waals surface area contributed by atoms with Crippen LogP contribution in [0.25, 0.3) is 0 Å². The van der Waals surface area contributed by atoms with Crippen molar-refractivity contribution < 1.29 is 14.4 Å². The summed E-state index contributed by atoms with van der Waals surface area (Å²) in [4.78, 5) is 41.5. The Morgan fingerprint density at radius 2 is 2.08 bits per heavy atom. The molecule has 26 heavy (non-hydrogen) atoms. The topological polar surface area (TPSA) is 103 Å². The second-order valence-corrected chi connectivity index (χ2v) is 5.87. The van der Waals surface area contributed by atoms with Gasteiger partial charge in [-0.05, 0) is 36.8 Å². The Balaban J connectivity index is 1.62. The minimum absolute atomic E-state index is 0.184. The summed E-state index contributed by atoms with van der Waals surface area (Å²) in [6, 6.07) is 9.85. The molecule has 1 fully saturated rings. The predicted molar refractivity (Wildman–Crippen MR) is 96.6 cm³/mol. The molecule has 0 bridgehead atoms. The highest BCUT2D eigenvalue weighted by atomic mass is 16.2. The summed E-state index contributed by atoms with van der Waals surface area (Å²) >= 11 is 0. The molecule has 1 aromatic heterocycles. The molecular formula is C18H19N5O3. The lowest BCUT2D eigenvalue weighted by Gasteiger charge is -2.16. The fourth-order valence-corrected chi connectivity index (χ4v) is 2.64. The zero-order chi connectivity index (χ0) is 18.5. The van der Waals surface area contributed by atoms with Crippen molar-refractivity contribution in [1.29, 1.82) is 0 Å². The molecule has 1 aromatic carbocycles. The number of benzene rings is 1. The number of carbonyl (C=O) groups is 3. The van der Waals surface area contributed by atoms with Crippen LogP contribution in [0.2, 0.25) is 0 Å². The molecule has 134 valence electrons. The van der Waals surface area contributed by atoms with Crippen molar-refractivity contribution in [2.75, 3.05) is 23.3 Å². The number of rotatable bonds is 4. The molecule has 3 rings (SSSR count). The van der Waals surface area contributed by atoms with Gasteiger partial charge in [-0.15, -0.1) is 0 Å². The largest absolute Gasteiger partial charge is 0.341 e. The molecule has 1 aliphatic rings. The molecule has 3 N–H and O–H groups in total. The van der Waals surface area contributed by atoms with Gasteiger partial charge >= 0.3 is 17.8 Å². The number of anilines is 2. The number of aromatic nitrogens is 1. The average molecular weight is 353 g/mol. The summed E-state index contributed by atoms with van der Waals surface area (Å²) in [7, 11) is 0. The normalized spacial score (nSPS) is 14.5. The summed E-state index contributed by atoms with van der Waals surface area (Å²) in [6.07, 6.45) is 3.27. The van der Waals surface area contributed by atoms with Crippen molar-refractivity contribution in [3.63, 3.8) is 0 Å². The Labute approximate surface area is 150 Å². The molecule has 0 aliphatic carbocycles. The van der Waals surface area contributed by atoms with Gasteiger partial charge in [0.2, 0.25) is 0 Å². The molecule has 0 saturated carbocycles. The molecule has 1 saturated heterocycles. The van der Waals surface area contributed by atoms with Crippen molar-refractivity contribution >= 4 is 29.2 Å². The first kappa shape index (κ1) is 17.4. The van der Waals surface area contributed by atoms with E-state index in [2.05, 4.69) is 20.9 Å². The third kappa shape index (κ3) is 3.97. The van der Waals surface area contributed by atoms with Crippen LogP contribution in [-0.4, -0.2) is 35.9 Å². The van der Waals surface area contributed by atoms with Crippen LogP contribution in [-0.2, 0) is 9.59 Å². The van der Waals surface area contributed by atoms with Gasteiger partial charge in [0.15, 0.2) is 0 Å². The van der Waals surface area contributed by atoms with E-state index >= 15 is 0 Å². The van der Waals surface area contributed by atoms with E-state index in [4.69, 9.17) is 0 Å². The van der Waals surface area contributed by atoms with Crippen LogP contribution in [0.3, 0.4) is 0 Å². The second-order valence-electron chi connectivity index (χ2n) is 5.87. The van der Waals surface area contributed by atoms with E-state index in [-0.39, 0.29) is 12.1 Å². The highest BCUT2D eigenvalue weighted by Gasteiger charge is 2.22. The summed E-state index contributed by atoms with van der Waals surface area (Å²) in [6.45, 7) is 2.90. The summed E-state index contributed by atoms with van der Waals surface area (Å²) < 4.78 is 0. The van der Waals surface area contributed by atoms with E-state index in [1.165, 1.54) is 0 Å². The lowest BCUT2D eigenvalue weighted by Crippen LogP contribution is -2.37. The molecule has 1 unspecified atom stereocenters. The molecule has 8 heteroatoms. The van der Waals surface area contributed by atoms with Crippen molar-refractivity contribution in [2.45, 2.75) is 13.0 Å². The SMILES string of the molecule is CC(NC(=O)C(=O)Nc1cccc(N2CCNC2=O)c1)c1cccnc1. The van der Waals surface area contributed by atoms with Gasteiger partial charge < -0.3 is 16.0 Å². The van der Waals surface area contributed by atoms with Gasteiger partial charge in [0.1, 0.15) is 0 Å². The summed E-state index contributed by atoms with van der Waals surface area (Å²) in [5, 5.41) is 7.89. The lowest BCUT2D eigenvalue weighted by molar-refractivity contribution is -0.136. The predicted octanol–water partition coefficient (Wildman–Crippen LogP) is 1.43. The number of nitrogens with zero attached hydrogens (tertiary/aromatic N) is 2. The minimum atomic E-state index is -0.774. The van der Waals surface area contributed by atoms with E-state index in [0.29, 0.717) is 24.5 Å². The first-order valence-corrected chi connectivity index (χ1v) is 8.22. The van der Waals surface area contributed by atoms with Crippen LogP contribution in [0.15, 0.2) is 48.8 Å². The highest BCUT2D eigenvalue weighted by molar-refractivity contribution is 6.39. The smallest absolute Gasteiger partial charge is 0.321 e. The maximum absolute atomic E-state index is 12.1. The van der Waals surface area contributed by atoms with Gasteiger partial charge in [-0.25, -0.2) is 4.79 Å². The van der Waals surface area contributed by atoms with Crippen LogP contribution in [0.5, 0.6) is 0 Å². The number of carbonyl (C=O) groups excluding carboxylic acids is 3. The molecule has 0 spiro atoms. The van der Waals surface area contributed by atoms with Crippen molar-refractivity contribution in [3.8, 4) is 0 Å². The lowest BCUT2D eigenvalue weighted by atomic mass is 10.1. The molecule has 4 amide bonds. The number of amides is 4. The fraction of sp³-hybridized carbons (Fsp3) is 0.222. The number of urea groups is 1. The first-order chi connectivity index (χ1) is 12.5. The van der Waals surface area contributed by atoms with Crippen molar-refractivity contribution in [2.24, 2.45) is 0 Å². The van der Waals surface area contributed by atoms with Crippen LogP contribution in [0.4, 0.5) is 16.2 Å². The Kier molecular flexibility index (Phi) is 5.12. The first-order valence-electron chi connectivity index (χ1n) is 8.22. The average Bonchev–Trinajstić information content (AvgIpc) is 3.08. The molecule has 1 atom stereocenters. The van der Waals surface area contributed by atoms with Crippen molar-refractivity contribution in [3.05, 3.63) is 54.4 Å². The second kappa shape index (κ2) is 7.64. The fourth-order valence-electron chi connectivity index (χ4n) is 2.64. The van der Waals surface area contributed by atoms with E-state index in [1.807, 2.05) is 6.07 Å². The Bertz CT molecular complexity index is 825. The Morgan fingerprint density at radius 1 is 1.23 bits per heavy atom. The van der Waals surface area contributed by atoms with E-state index < -0.39 is 11.8 Å². The van der Waals surface area contributed by atoms with Crippen LogP contribution in [0.1, 0.15) is 18.5 Å². The van der Waals surface area contributed by atoms with Gasteiger partial charge in [0.25, 0.3) is 0 Å². The molecule has 1 aliphatic heterocycles. The molecule has 0 radical (unpaired) electrons. The quantitative estimate of drug-likeness (QED) is 0.723. The van der Waals surface area contributed by atoms with E-state index in [9.17, 15) is 14.4 Å². The summed E-state index contributed by atoms with van der Waals surface area (Å²) in [5.74, 6) is -1.52. The van der Waals surface area contributed by atoms with E-state index in [1.54, 1.807) is 54.5 Å². The molecule has 8 nitrogen and oxygen atoms in total. The van der Waals surface area contributed by atoms with Gasteiger partial charge in [0.05, 0.1) is 6.04 Å². The number of hydrogen-bond acceptors (Lipinski definition) is 4. The van der Waals surface area contributed by atoms with Crippen LogP contribution in [0, 0.1) is 0 Å². The Hall–Kier alpha value is -3.42. The molecule has 2 heterocycles. The van der Waals surface area contributed by atoms with Crippen LogP contribution >= 0.6 is 0 Å². The van der Waals surface area contributed by atoms with Crippen LogP contribution < -0.4 is 20.9 Å². The number of pyridine rings is 1. The summed E-state index contributed by atoms with van der Waals surface area (Å²) in [5.41, 5.74) is 1.90. The molecular weight excluding hydrogens is 334 g/mol. The number of hydrogen-bond donors (Lipinski definition) is 3. The zero-order valence-corrected chi connectivity index (χ0v) is 14.2. The molecule has 2 aromatic rings. The standard InChI is InChI=1S/C18H19N5O3/c1-12(13-4-3-7-19-11-13)21-16(24)17(25)22-14-5-2-6-15(10-14)23-9-8-20-18(23)26/h2-7,10-12H,8-9H2,1H3,(H,20,26)(H,21,24)(H,22,25). The van der Waals surface area contributed by atoms with Gasteiger partial charge in [-0.1, -0.05) is 12.1 Å². The van der Waals surface area contributed by atoms with Gasteiger partial charge in [-0.2, -0.15) is 0 Å².